The Bertz CT molecular complexity index is 737. The molecule has 2 rings (SSSR count). The number of rotatable bonds is 11. The van der Waals surface area contributed by atoms with Crippen molar-refractivity contribution in [3.8, 4) is 0 Å². The molecule has 4 atom stereocenters. The van der Waals surface area contributed by atoms with Gasteiger partial charge in [-0.1, -0.05) is 36.4 Å². The molecule has 0 amide bonds. The number of pyridine rings is 1. The molecule has 0 saturated heterocycles. The average Bonchev–Trinajstić information content (AvgIpc) is 2.71. The quantitative estimate of drug-likeness (QED) is 0.584. The molecule has 7 heteroatoms. The molecule has 1 unspecified atom stereocenters. The Balaban J connectivity index is 2.17. The zero-order valence-electron chi connectivity index (χ0n) is 17.6. The van der Waals surface area contributed by atoms with Crippen LogP contribution in [0.15, 0.2) is 54.7 Å². The maximum Gasteiger partial charge on any atom is 0.115 e. The summed E-state index contributed by atoms with van der Waals surface area (Å²) in [6, 6.07) is 14.5. The second kappa shape index (κ2) is 11.5. The van der Waals surface area contributed by atoms with Gasteiger partial charge in [0.25, 0.3) is 0 Å². The lowest BCUT2D eigenvalue weighted by Crippen LogP contribution is -2.51. The summed E-state index contributed by atoms with van der Waals surface area (Å²) in [5, 5.41) is 11.0. The van der Waals surface area contributed by atoms with E-state index in [0.717, 1.165) is 5.56 Å². The van der Waals surface area contributed by atoms with E-state index in [1.165, 1.54) is 0 Å². The standard InChI is InChI=1S/C22H32N2O4S/c1-5-28-19(16-27-15-17-11-7-6-8-12-17)20(24-29(26)22(2,3)4)21(25)18-13-9-10-14-23-18/h6-14,19-21,24-25H,5,15-16H2,1-4H3/t19-,20+,21?,29-/m1/s1. The van der Waals surface area contributed by atoms with Gasteiger partial charge in [-0.3, -0.25) is 4.98 Å². The molecule has 0 aliphatic carbocycles. The molecule has 6 nitrogen and oxygen atoms in total. The predicted molar refractivity (Wildman–Crippen MR) is 116 cm³/mol. The molecule has 1 aromatic heterocycles. The minimum absolute atomic E-state index is 0.242. The largest absolute Gasteiger partial charge is 0.385 e. The molecule has 29 heavy (non-hydrogen) atoms. The average molecular weight is 421 g/mol. The number of ether oxygens (including phenoxy) is 2. The van der Waals surface area contributed by atoms with Crippen LogP contribution in [0.25, 0.3) is 0 Å². The van der Waals surface area contributed by atoms with Gasteiger partial charge >= 0.3 is 0 Å². The fourth-order valence-electron chi connectivity index (χ4n) is 2.72. The molecule has 0 spiro atoms. The van der Waals surface area contributed by atoms with Crippen molar-refractivity contribution in [3.63, 3.8) is 0 Å². The molecule has 1 heterocycles. The number of hydrogen-bond donors (Lipinski definition) is 2. The van der Waals surface area contributed by atoms with Crippen LogP contribution in [-0.4, -0.2) is 44.4 Å². The maximum absolute atomic E-state index is 12.8. The van der Waals surface area contributed by atoms with E-state index in [4.69, 9.17) is 9.47 Å². The van der Waals surface area contributed by atoms with Gasteiger partial charge in [0.15, 0.2) is 0 Å². The van der Waals surface area contributed by atoms with E-state index in [9.17, 15) is 9.32 Å². The molecule has 0 aliphatic heterocycles. The molecule has 2 N–H and O–H groups in total. The van der Waals surface area contributed by atoms with Gasteiger partial charge in [0.1, 0.15) is 6.10 Å². The van der Waals surface area contributed by atoms with E-state index in [0.29, 0.717) is 18.9 Å². The third-order valence-electron chi connectivity index (χ3n) is 4.31. The van der Waals surface area contributed by atoms with E-state index in [1.54, 1.807) is 18.3 Å². The second-order valence-corrected chi connectivity index (χ2v) is 9.72. The molecule has 0 radical (unpaired) electrons. The van der Waals surface area contributed by atoms with Crippen LogP contribution < -0.4 is 4.72 Å². The van der Waals surface area contributed by atoms with Gasteiger partial charge in [0.2, 0.25) is 0 Å². The summed E-state index contributed by atoms with van der Waals surface area (Å²) in [6.07, 6.45) is 0.115. The second-order valence-electron chi connectivity index (χ2n) is 7.72. The topological polar surface area (TPSA) is 80.7 Å². The van der Waals surface area contributed by atoms with Gasteiger partial charge in [-0.2, -0.15) is 0 Å². The molecule has 0 bridgehead atoms. The Labute approximate surface area is 176 Å². The molecule has 0 fully saturated rings. The van der Waals surface area contributed by atoms with Gasteiger partial charge < -0.3 is 14.6 Å². The molecular weight excluding hydrogens is 388 g/mol. The minimum atomic E-state index is -1.40. The van der Waals surface area contributed by atoms with E-state index in [2.05, 4.69) is 9.71 Å². The van der Waals surface area contributed by atoms with E-state index < -0.39 is 34.0 Å². The Hall–Kier alpha value is -1.64. The summed E-state index contributed by atoms with van der Waals surface area (Å²) in [5.74, 6) is 0. The Morgan fingerprint density at radius 3 is 2.41 bits per heavy atom. The number of aliphatic hydroxyl groups excluding tert-OH is 1. The highest BCUT2D eigenvalue weighted by molar-refractivity contribution is 7.84. The van der Waals surface area contributed by atoms with Crippen molar-refractivity contribution in [2.24, 2.45) is 0 Å². The van der Waals surface area contributed by atoms with Gasteiger partial charge in [-0.25, -0.2) is 8.93 Å². The highest BCUT2D eigenvalue weighted by atomic mass is 32.2. The lowest BCUT2D eigenvalue weighted by Gasteiger charge is -2.33. The number of benzene rings is 1. The Morgan fingerprint density at radius 2 is 1.83 bits per heavy atom. The van der Waals surface area contributed by atoms with Crippen molar-refractivity contribution >= 4 is 11.0 Å². The van der Waals surface area contributed by atoms with E-state index >= 15 is 0 Å². The first kappa shape index (κ1) is 23.6. The van der Waals surface area contributed by atoms with Crippen LogP contribution in [0.2, 0.25) is 0 Å². The van der Waals surface area contributed by atoms with Crippen molar-refractivity contribution in [2.45, 2.75) is 57.3 Å². The van der Waals surface area contributed by atoms with Crippen molar-refractivity contribution in [1.29, 1.82) is 0 Å². The number of aromatic nitrogens is 1. The fourth-order valence-corrected chi connectivity index (χ4v) is 3.60. The first-order valence-corrected chi connectivity index (χ1v) is 11.0. The molecule has 1 aromatic carbocycles. The van der Waals surface area contributed by atoms with Gasteiger partial charge in [-0.15, -0.1) is 0 Å². The SMILES string of the molecule is CCO[C@H](COCc1ccccc1)[C@H](N[S@](=O)C(C)(C)C)C(O)c1ccccn1. The third-order valence-corrected chi connectivity index (χ3v) is 5.90. The molecule has 0 aliphatic rings. The lowest BCUT2D eigenvalue weighted by atomic mass is 10.0. The highest BCUT2D eigenvalue weighted by Gasteiger charge is 2.35. The molecular formula is C22H32N2O4S. The summed E-state index contributed by atoms with van der Waals surface area (Å²) < 4.78 is 27.1. The van der Waals surface area contributed by atoms with E-state index in [1.807, 2.05) is 64.1 Å². The fraction of sp³-hybridized carbons (Fsp3) is 0.500. The van der Waals surface area contributed by atoms with Crippen LogP contribution in [0.1, 0.15) is 45.1 Å². The third kappa shape index (κ3) is 7.60. The Kier molecular flexibility index (Phi) is 9.39. The Morgan fingerprint density at radius 1 is 1.14 bits per heavy atom. The zero-order valence-corrected chi connectivity index (χ0v) is 18.4. The number of nitrogens with zero attached hydrogens (tertiary/aromatic N) is 1. The monoisotopic (exact) mass is 420 g/mol. The van der Waals surface area contributed by atoms with E-state index in [-0.39, 0.29) is 6.61 Å². The van der Waals surface area contributed by atoms with Crippen LogP contribution in [0.5, 0.6) is 0 Å². The minimum Gasteiger partial charge on any atom is -0.385 e. The summed E-state index contributed by atoms with van der Waals surface area (Å²) in [6.45, 7) is 8.63. The van der Waals surface area contributed by atoms with Crippen molar-refractivity contribution < 1.29 is 18.8 Å². The van der Waals surface area contributed by atoms with Crippen LogP contribution in [0.4, 0.5) is 0 Å². The first-order valence-electron chi connectivity index (χ1n) is 9.83. The van der Waals surface area contributed by atoms with Crippen molar-refractivity contribution in [1.82, 2.24) is 9.71 Å². The van der Waals surface area contributed by atoms with Gasteiger partial charge in [0, 0.05) is 12.8 Å². The smallest absolute Gasteiger partial charge is 0.115 e. The normalized spacial score (nSPS) is 16.2. The lowest BCUT2D eigenvalue weighted by molar-refractivity contribution is -0.0567. The number of nitrogens with one attached hydrogen (secondary N) is 1. The molecule has 0 saturated carbocycles. The summed E-state index contributed by atoms with van der Waals surface area (Å²) in [7, 11) is -1.40. The highest BCUT2D eigenvalue weighted by Crippen LogP contribution is 2.22. The van der Waals surface area contributed by atoms with Gasteiger partial charge in [0.05, 0.1) is 46.8 Å². The van der Waals surface area contributed by atoms with Crippen LogP contribution in [0.3, 0.4) is 0 Å². The number of aliphatic hydroxyl groups is 1. The molecule has 160 valence electrons. The van der Waals surface area contributed by atoms with Crippen molar-refractivity contribution in [3.05, 3.63) is 66.0 Å². The first-order chi connectivity index (χ1) is 13.8. The number of hydrogen-bond acceptors (Lipinski definition) is 5. The van der Waals surface area contributed by atoms with Gasteiger partial charge in [-0.05, 0) is 45.4 Å². The molecule has 2 aromatic rings. The summed E-state index contributed by atoms with van der Waals surface area (Å²) in [4.78, 5) is 4.25. The van der Waals surface area contributed by atoms with Crippen LogP contribution in [-0.2, 0) is 27.1 Å². The maximum atomic E-state index is 12.8. The predicted octanol–water partition coefficient (Wildman–Crippen LogP) is 3.16. The van der Waals surface area contributed by atoms with Crippen molar-refractivity contribution in [2.75, 3.05) is 13.2 Å². The van der Waals surface area contributed by atoms with Crippen LogP contribution in [0, 0.1) is 0 Å². The van der Waals surface area contributed by atoms with Crippen LogP contribution >= 0.6 is 0 Å². The summed E-state index contributed by atoms with van der Waals surface area (Å²) in [5.41, 5.74) is 1.54. The summed E-state index contributed by atoms with van der Waals surface area (Å²) >= 11 is 0. The zero-order chi connectivity index (χ0) is 21.3.